The van der Waals surface area contributed by atoms with Gasteiger partial charge in [-0.1, -0.05) is 50.6 Å². The second kappa shape index (κ2) is 10.7. The number of nitrogens with zero attached hydrogens (tertiary/aromatic N) is 2. The first-order chi connectivity index (χ1) is 9.36. The van der Waals surface area contributed by atoms with Crippen LogP contribution in [0, 0.1) is 4.91 Å². The zero-order chi connectivity index (χ0) is 13.8. The molecule has 0 aromatic carbocycles. The van der Waals surface area contributed by atoms with Crippen LogP contribution in [0.4, 0.5) is 0 Å². The molecule has 0 radical (unpaired) electrons. The molecule has 0 aliphatic rings. The average Bonchev–Trinajstić information content (AvgIpc) is 2.44. The minimum atomic E-state index is 0.276. The number of aryl methyl sites for hydroxylation is 1. The third kappa shape index (κ3) is 7.70. The summed E-state index contributed by atoms with van der Waals surface area (Å²) >= 11 is 0. The third-order valence-electron chi connectivity index (χ3n) is 3.48. The van der Waals surface area contributed by atoms with E-state index in [4.69, 9.17) is 0 Å². The van der Waals surface area contributed by atoms with Crippen LogP contribution in [0.1, 0.15) is 63.9 Å². The van der Waals surface area contributed by atoms with Crippen LogP contribution < -0.4 is 4.57 Å². The molecule has 0 amide bonds. The molecule has 1 aromatic heterocycles. The Hall–Kier alpha value is -1.25. The van der Waals surface area contributed by atoms with Gasteiger partial charge in [-0.05, 0) is 12.0 Å². The van der Waals surface area contributed by atoms with Crippen molar-refractivity contribution in [3.8, 4) is 0 Å². The highest BCUT2D eigenvalue weighted by molar-refractivity contribution is 5.06. The van der Waals surface area contributed by atoms with Crippen molar-refractivity contribution in [1.82, 2.24) is 0 Å². The number of pyridine rings is 1. The molecule has 0 bridgehead atoms. The van der Waals surface area contributed by atoms with E-state index in [2.05, 4.69) is 16.7 Å². The highest BCUT2D eigenvalue weighted by Gasteiger charge is 2.01. The largest absolute Gasteiger partial charge is 0.205 e. The van der Waals surface area contributed by atoms with Gasteiger partial charge in [0, 0.05) is 18.6 Å². The van der Waals surface area contributed by atoms with Gasteiger partial charge in [0.05, 0.1) is 0 Å². The van der Waals surface area contributed by atoms with E-state index >= 15 is 0 Å². The molecule has 0 fully saturated rings. The highest BCUT2D eigenvalue weighted by Crippen LogP contribution is 2.08. The van der Waals surface area contributed by atoms with E-state index in [1.807, 2.05) is 24.5 Å². The lowest BCUT2D eigenvalue weighted by Gasteiger charge is -2.00. The summed E-state index contributed by atoms with van der Waals surface area (Å²) in [5.74, 6) is 0. The number of hydrogen-bond acceptors (Lipinski definition) is 2. The zero-order valence-electron chi connectivity index (χ0n) is 12.2. The van der Waals surface area contributed by atoms with Crippen molar-refractivity contribution >= 4 is 0 Å². The van der Waals surface area contributed by atoms with Gasteiger partial charge >= 0.3 is 0 Å². The number of nitroso groups, excluding NO2 is 1. The highest BCUT2D eigenvalue weighted by atomic mass is 16.3. The predicted molar refractivity (Wildman–Crippen MR) is 78.7 cm³/mol. The number of rotatable bonds is 11. The Labute approximate surface area is 117 Å². The van der Waals surface area contributed by atoms with Gasteiger partial charge in [0.25, 0.3) is 0 Å². The van der Waals surface area contributed by atoms with Gasteiger partial charge in [-0.3, -0.25) is 0 Å². The molecule has 1 rings (SSSR count). The standard InChI is InChI=1S/C16H27N2O/c1-2-3-4-5-6-7-8-9-12-18-13-10-16(11-14-18)15-17-19/h10-11,13-14H,2-9,12,15H2,1H3/q+1. The number of hydrogen-bond donors (Lipinski definition) is 0. The first kappa shape index (κ1) is 15.8. The fraction of sp³-hybridized carbons (Fsp3) is 0.688. The van der Waals surface area contributed by atoms with Crippen LogP contribution in [-0.2, 0) is 13.1 Å². The van der Waals surface area contributed by atoms with Gasteiger partial charge in [-0.15, -0.1) is 0 Å². The molecule has 0 aliphatic heterocycles. The van der Waals surface area contributed by atoms with Crippen molar-refractivity contribution in [3.63, 3.8) is 0 Å². The van der Waals surface area contributed by atoms with Crippen LogP contribution in [0.25, 0.3) is 0 Å². The van der Waals surface area contributed by atoms with Crippen molar-refractivity contribution in [2.45, 2.75) is 71.4 Å². The first-order valence-corrected chi connectivity index (χ1v) is 7.64. The molecule has 1 aromatic rings. The van der Waals surface area contributed by atoms with Gasteiger partial charge in [0.1, 0.15) is 13.1 Å². The minimum absolute atomic E-state index is 0.276. The van der Waals surface area contributed by atoms with Gasteiger partial charge in [0.15, 0.2) is 12.4 Å². The molecular formula is C16H27N2O+. The van der Waals surface area contributed by atoms with Crippen LogP contribution in [-0.4, -0.2) is 0 Å². The van der Waals surface area contributed by atoms with Gasteiger partial charge in [-0.2, -0.15) is 4.91 Å². The summed E-state index contributed by atoms with van der Waals surface area (Å²) < 4.78 is 2.19. The SMILES string of the molecule is CCCCCCCCCC[n+]1ccc(CN=O)cc1. The Balaban J connectivity index is 2.04. The molecule has 19 heavy (non-hydrogen) atoms. The van der Waals surface area contributed by atoms with Crippen molar-refractivity contribution in [3.05, 3.63) is 35.0 Å². The molecule has 106 valence electrons. The lowest BCUT2D eigenvalue weighted by atomic mass is 10.1. The van der Waals surface area contributed by atoms with E-state index in [1.54, 1.807) is 0 Å². The molecular weight excluding hydrogens is 236 g/mol. The zero-order valence-corrected chi connectivity index (χ0v) is 12.2. The molecule has 0 aliphatic carbocycles. The summed E-state index contributed by atoms with van der Waals surface area (Å²) in [4.78, 5) is 10.1. The molecule has 0 saturated heterocycles. The molecule has 1 heterocycles. The Morgan fingerprint density at radius 1 is 0.947 bits per heavy atom. The lowest BCUT2D eigenvalue weighted by molar-refractivity contribution is -0.697. The third-order valence-corrected chi connectivity index (χ3v) is 3.48. The summed E-state index contributed by atoms with van der Waals surface area (Å²) in [6.45, 7) is 3.61. The van der Waals surface area contributed by atoms with Crippen molar-refractivity contribution < 1.29 is 4.57 Å². The van der Waals surface area contributed by atoms with Crippen molar-refractivity contribution in [1.29, 1.82) is 0 Å². The van der Waals surface area contributed by atoms with Crippen LogP contribution in [0.3, 0.4) is 0 Å². The lowest BCUT2D eigenvalue weighted by Crippen LogP contribution is -2.32. The normalized spacial score (nSPS) is 10.6. The summed E-state index contributed by atoms with van der Waals surface area (Å²) in [6, 6.07) is 3.96. The maximum absolute atomic E-state index is 10.1. The Bertz CT molecular complexity index is 335. The summed E-state index contributed by atoms with van der Waals surface area (Å²) in [5.41, 5.74) is 0.988. The molecule has 0 atom stereocenters. The van der Waals surface area contributed by atoms with Crippen LogP contribution >= 0.6 is 0 Å². The van der Waals surface area contributed by atoms with Gasteiger partial charge in [0.2, 0.25) is 0 Å². The molecule has 0 saturated carbocycles. The van der Waals surface area contributed by atoms with E-state index in [0.717, 1.165) is 12.1 Å². The van der Waals surface area contributed by atoms with E-state index in [0.29, 0.717) is 0 Å². The Morgan fingerprint density at radius 3 is 2.11 bits per heavy atom. The maximum atomic E-state index is 10.1. The summed E-state index contributed by atoms with van der Waals surface area (Å²) in [7, 11) is 0. The average molecular weight is 263 g/mol. The van der Waals surface area contributed by atoms with Gasteiger partial charge in [-0.25, -0.2) is 4.57 Å². The first-order valence-electron chi connectivity index (χ1n) is 7.64. The second-order valence-corrected chi connectivity index (χ2v) is 5.21. The predicted octanol–water partition coefficient (Wildman–Crippen LogP) is 4.38. The Morgan fingerprint density at radius 2 is 1.53 bits per heavy atom. The van der Waals surface area contributed by atoms with E-state index in [9.17, 15) is 4.91 Å². The van der Waals surface area contributed by atoms with Crippen LogP contribution in [0.2, 0.25) is 0 Å². The van der Waals surface area contributed by atoms with E-state index < -0.39 is 0 Å². The quantitative estimate of drug-likeness (QED) is 0.331. The van der Waals surface area contributed by atoms with E-state index in [1.165, 1.54) is 51.4 Å². The molecule has 0 unspecified atom stereocenters. The minimum Gasteiger partial charge on any atom is -0.205 e. The van der Waals surface area contributed by atoms with Crippen LogP contribution in [0.5, 0.6) is 0 Å². The smallest absolute Gasteiger partial charge is 0.169 e. The number of aromatic nitrogens is 1. The van der Waals surface area contributed by atoms with Crippen LogP contribution in [0.15, 0.2) is 29.7 Å². The molecule has 0 N–H and O–H groups in total. The maximum Gasteiger partial charge on any atom is 0.169 e. The van der Waals surface area contributed by atoms with Crippen molar-refractivity contribution in [2.75, 3.05) is 0 Å². The van der Waals surface area contributed by atoms with Crippen molar-refractivity contribution in [2.24, 2.45) is 5.18 Å². The summed E-state index contributed by atoms with van der Waals surface area (Å²) in [5, 5.41) is 2.89. The van der Waals surface area contributed by atoms with Gasteiger partial charge < -0.3 is 0 Å². The second-order valence-electron chi connectivity index (χ2n) is 5.21. The fourth-order valence-electron chi connectivity index (χ4n) is 2.25. The molecule has 3 nitrogen and oxygen atoms in total. The fourth-order valence-corrected chi connectivity index (χ4v) is 2.25. The van der Waals surface area contributed by atoms with E-state index in [-0.39, 0.29) is 6.54 Å². The summed E-state index contributed by atoms with van der Waals surface area (Å²) in [6.07, 6.45) is 14.9. The number of unbranched alkanes of at least 4 members (excludes halogenated alkanes) is 7. The Kier molecular flexibility index (Phi) is 8.86. The molecule has 0 spiro atoms. The molecule has 3 heteroatoms. The monoisotopic (exact) mass is 263 g/mol. The topological polar surface area (TPSA) is 33.3 Å².